The summed E-state index contributed by atoms with van der Waals surface area (Å²) in [6, 6.07) is 12.1. The van der Waals surface area contributed by atoms with E-state index in [0.29, 0.717) is 12.2 Å². The standard InChI is InChI=1S/C28H33BrFN3O4S/c1-18(38(34,35)24-9-6-21(29)7-10-24)37-23(16-30)17-36-28-15-20(4-11-25(28)31)26-12-5-19-14-22(33(2)3)8-13-27(19)32-26/h4,6-10,13-15,18,23,25H,5,11-12,16-17,31H2,1-3H3. The first-order valence-electron chi connectivity index (χ1n) is 12.5. The zero-order valence-corrected chi connectivity index (χ0v) is 24.1. The van der Waals surface area contributed by atoms with E-state index in [9.17, 15) is 12.8 Å². The van der Waals surface area contributed by atoms with Crippen LogP contribution in [-0.4, -0.2) is 59.1 Å². The van der Waals surface area contributed by atoms with Gasteiger partial charge < -0.3 is 20.1 Å². The van der Waals surface area contributed by atoms with E-state index in [1.807, 2.05) is 32.3 Å². The predicted octanol–water partition coefficient (Wildman–Crippen LogP) is 5.27. The minimum Gasteiger partial charge on any atom is -0.493 e. The number of fused-ring (bicyclic) bond motifs is 1. The summed E-state index contributed by atoms with van der Waals surface area (Å²) in [7, 11) is 0.230. The molecule has 0 saturated heterocycles. The fourth-order valence-corrected chi connectivity index (χ4v) is 5.80. The number of nitrogens with zero attached hydrogens (tertiary/aromatic N) is 2. The van der Waals surface area contributed by atoms with Gasteiger partial charge in [0.15, 0.2) is 5.44 Å². The second-order valence-corrected chi connectivity index (χ2v) is 12.7. The average Bonchev–Trinajstić information content (AvgIpc) is 2.91. The Morgan fingerprint density at radius 1 is 1.18 bits per heavy atom. The van der Waals surface area contributed by atoms with Crippen LogP contribution in [0.5, 0.6) is 0 Å². The largest absolute Gasteiger partial charge is 0.493 e. The van der Waals surface area contributed by atoms with Crippen LogP contribution in [0.2, 0.25) is 0 Å². The Bertz CT molecular complexity index is 1360. The topological polar surface area (TPSA) is 94.2 Å². The van der Waals surface area contributed by atoms with Gasteiger partial charge in [0.25, 0.3) is 0 Å². The molecule has 3 unspecified atom stereocenters. The molecule has 10 heteroatoms. The molecule has 3 atom stereocenters. The van der Waals surface area contributed by atoms with Gasteiger partial charge in [0.2, 0.25) is 9.84 Å². The second-order valence-electron chi connectivity index (χ2n) is 9.60. The highest BCUT2D eigenvalue weighted by Gasteiger charge is 2.28. The van der Waals surface area contributed by atoms with Crippen molar-refractivity contribution in [2.45, 2.75) is 48.7 Å². The van der Waals surface area contributed by atoms with E-state index in [2.05, 4.69) is 33.0 Å². The third-order valence-electron chi connectivity index (χ3n) is 6.63. The van der Waals surface area contributed by atoms with Gasteiger partial charge >= 0.3 is 0 Å². The van der Waals surface area contributed by atoms with Crippen molar-refractivity contribution in [1.29, 1.82) is 0 Å². The Morgan fingerprint density at radius 2 is 1.92 bits per heavy atom. The van der Waals surface area contributed by atoms with E-state index >= 15 is 0 Å². The molecular formula is C28H33BrFN3O4S. The van der Waals surface area contributed by atoms with E-state index in [4.69, 9.17) is 20.2 Å². The molecule has 0 bridgehead atoms. The van der Waals surface area contributed by atoms with E-state index in [-0.39, 0.29) is 17.5 Å². The van der Waals surface area contributed by atoms with Crippen molar-refractivity contribution in [2.75, 3.05) is 32.3 Å². The van der Waals surface area contributed by atoms with Gasteiger partial charge in [-0.05, 0) is 85.9 Å². The molecule has 4 rings (SSSR count). The highest BCUT2D eigenvalue weighted by atomic mass is 79.9. The smallest absolute Gasteiger partial charge is 0.204 e. The number of anilines is 1. The second kappa shape index (κ2) is 12.1. The predicted molar refractivity (Wildman–Crippen MR) is 153 cm³/mol. The van der Waals surface area contributed by atoms with Crippen LogP contribution in [0.4, 0.5) is 15.8 Å². The summed E-state index contributed by atoms with van der Waals surface area (Å²) in [5.41, 5.74) is 10.2. The third kappa shape index (κ3) is 6.54. The van der Waals surface area contributed by atoms with Gasteiger partial charge in [0, 0.05) is 30.0 Å². The number of alkyl halides is 1. The van der Waals surface area contributed by atoms with Crippen molar-refractivity contribution in [3.05, 3.63) is 76.0 Å². The van der Waals surface area contributed by atoms with Crippen LogP contribution in [0.25, 0.3) is 0 Å². The molecule has 0 radical (unpaired) electrons. The molecular weight excluding hydrogens is 573 g/mol. The van der Waals surface area contributed by atoms with Crippen molar-refractivity contribution in [3.63, 3.8) is 0 Å². The number of sulfone groups is 1. The molecule has 1 aliphatic heterocycles. The van der Waals surface area contributed by atoms with Gasteiger partial charge in [-0.1, -0.05) is 22.0 Å². The van der Waals surface area contributed by atoms with Gasteiger partial charge in [-0.25, -0.2) is 12.8 Å². The minimum absolute atomic E-state index is 0.103. The molecule has 0 spiro atoms. The van der Waals surface area contributed by atoms with Gasteiger partial charge in [0.05, 0.1) is 16.6 Å². The summed E-state index contributed by atoms with van der Waals surface area (Å²) in [4.78, 5) is 7.05. The van der Waals surface area contributed by atoms with E-state index in [1.54, 1.807) is 12.1 Å². The van der Waals surface area contributed by atoms with E-state index in [0.717, 1.165) is 40.0 Å². The van der Waals surface area contributed by atoms with Crippen LogP contribution in [0.1, 0.15) is 25.3 Å². The summed E-state index contributed by atoms with van der Waals surface area (Å²) in [5, 5.41) is 0. The van der Waals surface area contributed by atoms with Gasteiger partial charge in [-0.3, -0.25) is 4.99 Å². The Balaban J connectivity index is 1.42. The number of benzene rings is 2. The molecule has 204 valence electrons. The quantitative estimate of drug-likeness (QED) is 0.397. The molecule has 38 heavy (non-hydrogen) atoms. The number of allylic oxidation sites excluding steroid dienone is 2. The maximum Gasteiger partial charge on any atom is 0.204 e. The normalized spacial score (nSPS) is 19.0. The SMILES string of the molecule is CC(OC(CF)COC1=CC(C2=Nc3ccc(N(C)C)cc3CC2)=CCC1N)S(=O)(=O)c1ccc(Br)cc1. The first-order chi connectivity index (χ1) is 18.1. The molecule has 2 aliphatic rings. The first kappa shape index (κ1) is 28.5. The molecule has 2 aromatic carbocycles. The lowest BCUT2D eigenvalue weighted by Gasteiger charge is -2.26. The molecule has 1 heterocycles. The molecule has 0 saturated carbocycles. The van der Waals surface area contributed by atoms with Crippen LogP contribution in [0, 0.1) is 0 Å². The molecule has 0 amide bonds. The minimum atomic E-state index is -3.80. The highest BCUT2D eigenvalue weighted by Crippen LogP contribution is 2.32. The Kier molecular flexibility index (Phi) is 9.07. The number of aliphatic imine (C=N–C) groups is 1. The van der Waals surface area contributed by atoms with Crippen LogP contribution in [-0.2, 0) is 25.7 Å². The third-order valence-corrected chi connectivity index (χ3v) is 9.07. The Hall–Kier alpha value is -2.53. The number of halogens is 2. The molecule has 0 fully saturated rings. The lowest BCUT2D eigenvalue weighted by atomic mass is 9.92. The average molecular weight is 607 g/mol. The van der Waals surface area contributed by atoms with Crippen molar-refractivity contribution in [3.8, 4) is 0 Å². The number of aryl methyl sites for hydroxylation is 1. The van der Waals surface area contributed by atoms with E-state index in [1.165, 1.54) is 24.6 Å². The molecule has 1 aliphatic carbocycles. The lowest BCUT2D eigenvalue weighted by Crippen LogP contribution is -2.33. The van der Waals surface area contributed by atoms with Crippen molar-refractivity contribution in [2.24, 2.45) is 10.7 Å². The maximum atomic E-state index is 13.8. The van der Waals surface area contributed by atoms with Crippen LogP contribution in [0.3, 0.4) is 0 Å². The summed E-state index contributed by atoms with van der Waals surface area (Å²) >= 11 is 3.29. The number of hydrogen-bond acceptors (Lipinski definition) is 7. The van der Waals surface area contributed by atoms with Crippen molar-refractivity contribution >= 4 is 42.9 Å². The number of ether oxygens (including phenoxy) is 2. The van der Waals surface area contributed by atoms with E-state index < -0.39 is 28.1 Å². The molecule has 7 nitrogen and oxygen atoms in total. The Morgan fingerprint density at radius 3 is 2.61 bits per heavy atom. The fraction of sp³-hybridized carbons (Fsp3) is 0.393. The summed E-state index contributed by atoms with van der Waals surface area (Å²) in [6.07, 6.45) is 5.06. The summed E-state index contributed by atoms with van der Waals surface area (Å²) in [5.74, 6) is 0.504. The summed E-state index contributed by atoms with van der Waals surface area (Å²) in [6.45, 7) is 0.336. The van der Waals surface area contributed by atoms with Crippen LogP contribution < -0.4 is 10.6 Å². The highest BCUT2D eigenvalue weighted by molar-refractivity contribution is 9.10. The number of nitrogens with two attached hydrogens (primary N) is 1. The van der Waals surface area contributed by atoms with Crippen LogP contribution in [0.15, 0.2) is 80.3 Å². The van der Waals surface area contributed by atoms with Gasteiger partial charge in [-0.15, -0.1) is 0 Å². The van der Waals surface area contributed by atoms with Crippen molar-refractivity contribution < 1.29 is 22.3 Å². The molecule has 2 aromatic rings. The molecule has 0 aromatic heterocycles. The van der Waals surface area contributed by atoms with Crippen LogP contribution >= 0.6 is 15.9 Å². The van der Waals surface area contributed by atoms with Gasteiger partial charge in [-0.2, -0.15) is 0 Å². The van der Waals surface area contributed by atoms with Gasteiger partial charge in [0.1, 0.15) is 25.1 Å². The zero-order chi connectivity index (χ0) is 27.4. The Labute approximate surface area is 232 Å². The zero-order valence-electron chi connectivity index (χ0n) is 21.7. The van der Waals surface area contributed by atoms with Crippen molar-refractivity contribution in [1.82, 2.24) is 0 Å². The summed E-state index contributed by atoms with van der Waals surface area (Å²) < 4.78 is 51.7. The first-order valence-corrected chi connectivity index (χ1v) is 14.8. The fourth-order valence-electron chi connectivity index (χ4n) is 4.33. The monoisotopic (exact) mass is 605 g/mol. The molecule has 2 N–H and O–H groups in total. The lowest BCUT2D eigenvalue weighted by molar-refractivity contribution is -0.0225. The number of hydrogen-bond donors (Lipinski definition) is 1. The maximum absolute atomic E-state index is 13.8. The number of rotatable bonds is 10.